The van der Waals surface area contributed by atoms with E-state index in [1.165, 1.54) is 25.2 Å². The van der Waals surface area contributed by atoms with Crippen LogP contribution in [0.2, 0.25) is 0 Å². The van der Waals surface area contributed by atoms with Crippen LogP contribution in [-0.2, 0) is 30.8 Å². The van der Waals surface area contributed by atoms with Crippen LogP contribution in [0.1, 0.15) is 85.3 Å². The maximum Gasteiger partial charge on any atom is 0.490 e. The summed E-state index contributed by atoms with van der Waals surface area (Å²) in [5.74, 6) is -4.45. The van der Waals surface area contributed by atoms with Crippen molar-refractivity contribution in [2.75, 3.05) is 30.7 Å². The summed E-state index contributed by atoms with van der Waals surface area (Å²) in [6.45, 7) is 10.0. The van der Waals surface area contributed by atoms with E-state index < -0.39 is 52.1 Å². The van der Waals surface area contributed by atoms with Crippen molar-refractivity contribution >= 4 is 45.3 Å². The Morgan fingerprint density at radius 2 is 1.32 bits per heavy atom. The fraction of sp³-hybridized carbons (Fsp3) is 0.439. The number of amides is 4. The number of benzene rings is 3. The van der Waals surface area contributed by atoms with Gasteiger partial charge in [-0.25, -0.2) is 13.2 Å². The van der Waals surface area contributed by atoms with E-state index in [1.54, 1.807) is 0 Å². The maximum absolute atomic E-state index is 14.0. The van der Waals surface area contributed by atoms with Crippen LogP contribution in [0.15, 0.2) is 78.9 Å². The minimum absolute atomic E-state index is 0.0909. The van der Waals surface area contributed by atoms with Crippen LogP contribution in [0, 0.1) is 5.92 Å². The van der Waals surface area contributed by atoms with E-state index in [-0.39, 0.29) is 47.1 Å². The molecule has 0 bridgehead atoms. The van der Waals surface area contributed by atoms with E-state index in [9.17, 15) is 40.8 Å². The second-order valence-corrected chi connectivity index (χ2v) is 16.2. The van der Waals surface area contributed by atoms with Crippen LogP contribution in [0.5, 0.6) is 0 Å². The number of likely N-dealkylation sites (N-methyl/N-ethyl adjacent to an activating group) is 1. The molecule has 59 heavy (non-hydrogen) atoms. The van der Waals surface area contributed by atoms with Gasteiger partial charge in [0, 0.05) is 37.3 Å². The normalized spacial score (nSPS) is 13.4. The molecule has 0 saturated heterocycles. The molecule has 4 atom stereocenters. The summed E-state index contributed by atoms with van der Waals surface area (Å²) in [6, 6.07) is 21.1. The number of alkyl halides is 3. The molecule has 3 rings (SSSR count). The predicted molar refractivity (Wildman–Crippen MR) is 219 cm³/mol. The Labute approximate surface area is 343 Å². The summed E-state index contributed by atoms with van der Waals surface area (Å²) in [7, 11) is -2.37. The van der Waals surface area contributed by atoms with Gasteiger partial charge in [0.05, 0.1) is 24.0 Å². The zero-order valence-corrected chi connectivity index (χ0v) is 35.0. The highest BCUT2D eigenvalue weighted by molar-refractivity contribution is 7.92. The standard InChI is InChI=1S/C39H54N6O6S.C2HF3O2/c1-8-16-34(38(48)44-35(26(3)4)39(49)40-9-2)41-25-32(21-28-17-12-10-13-18-28)43-37(47)31-22-30(23-33(24-31)45(6)52(7,50)51)36(46)42-27(5)29-19-14-11-15-20-29;3-2(4,5)1(6)7/h10-15,17-20,22-24,26-27,32,34-35,41H,8-9,16,21,25H2,1-7H3,(H,40,49)(H,42,46)(H,43,47)(H,44,48);(H,6,7)/t27-,32+,34+,35+;/m1./s1. The molecule has 4 amide bonds. The number of carboxylic acids is 1. The number of halogens is 3. The van der Waals surface area contributed by atoms with Gasteiger partial charge < -0.3 is 31.7 Å². The summed E-state index contributed by atoms with van der Waals surface area (Å²) in [5.41, 5.74) is 2.19. The monoisotopic (exact) mass is 848 g/mol. The number of carboxylic acid groups (broad SMARTS) is 1. The lowest BCUT2D eigenvalue weighted by molar-refractivity contribution is -0.192. The molecular weight excluding hydrogens is 794 g/mol. The summed E-state index contributed by atoms with van der Waals surface area (Å²) in [6.07, 6.45) is -2.43. The number of hydrogen-bond donors (Lipinski definition) is 6. The quantitative estimate of drug-likeness (QED) is 0.0999. The summed E-state index contributed by atoms with van der Waals surface area (Å²) in [5, 5.41) is 22.1. The minimum atomic E-state index is -5.08. The van der Waals surface area contributed by atoms with Gasteiger partial charge in [-0.3, -0.25) is 23.5 Å². The molecule has 0 fully saturated rings. The van der Waals surface area contributed by atoms with E-state index in [0.29, 0.717) is 25.8 Å². The summed E-state index contributed by atoms with van der Waals surface area (Å²) >= 11 is 0. The van der Waals surface area contributed by atoms with Crippen LogP contribution >= 0.6 is 0 Å². The molecule has 6 N–H and O–H groups in total. The molecular formula is C41H55F3N6O8S. The number of nitrogens with zero attached hydrogens (tertiary/aromatic N) is 1. The van der Waals surface area contributed by atoms with Crippen LogP contribution in [0.3, 0.4) is 0 Å². The van der Waals surface area contributed by atoms with E-state index in [2.05, 4.69) is 26.6 Å². The van der Waals surface area contributed by atoms with Crippen LogP contribution in [-0.4, -0.2) is 93.8 Å². The van der Waals surface area contributed by atoms with Gasteiger partial charge >= 0.3 is 12.1 Å². The van der Waals surface area contributed by atoms with Gasteiger partial charge in [0.2, 0.25) is 21.8 Å². The largest absolute Gasteiger partial charge is 0.490 e. The third-order valence-electron chi connectivity index (χ3n) is 8.96. The molecule has 3 aromatic carbocycles. The summed E-state index contributed by atoms with van der Waals surface area (Å²) in [4.78, 5) is 62.6. The molecule has 0 heterocycles. The number of hydrogen-bond acceptors (Lipinski definition) is 8. The van der Waals surface area contributed by atoms with Gasteiger partial charge in [-0.15, -0.1) is 0 Å². The lowest BCUT2D eigenvalue weighted by Crippen LogP contribution is -2.56. The second-order valence-electron chi connectivity index (χ2n) is 14.1. The molecule has 3 aromatic rings. The number of aliphatic carboxylic acids is 1. The number of nitrogens with one attached hydrogen (secondary N) is 5. The average molecular weight is 849 g/mol. The molecule has 0 aliphatic rings. The highest BCUT2D eigenvalue weighted by Crippen LogP contribution is 2.22. The molecule has 0 aliphatic carbocycles. The van der Waals surface area contributed by atoms with Crippen molar-refractivity contribution in [3.63, 3.8) is 0 Å². The van der Waals surface area contributed by atoms with E-state index >= 15 is 0 Å². The number of sulfonamides is 1. The molecule has 0 spiro atoms. The second kappa shape index (κ2) is 23.2. The zero-order chi connectivity index (χ0) is 44.5. The Morgan fingerprint density at radius 1 is 0.797 bits per heavy atom. The van der Waals surface area contributed by atoms with Crippen molar-refractivity contribution in [3.8, 4) is 0 Å². The topological polar surface area (TPSA) is 203 Å². The van der Waals surface area contributed by atoms with Crippen molar-refractivity contribution in [1.82, 2.24) is 26.6 Å². The van der Waals surface area contributed by atoms with Crippen LogP contribution < -0.4 is 30.9 Å². The maximum atomic E-state index is 14.0. The fourth-order valence-corrected chi connectivity index (χ4v) is 6.15. The summed E-state index contributed by atoms with van der Waals surface area (Å²) < 4.78 is 57.8. The first-order valence-electron chi connectivity index (χ1n) is 19.0. The smallest absolute Gasteiger partial charge is 0.475 e. The minimum Gasteiger partial charge on any atom is -0.475 e. The lowest BCUT2D eigenvalue weighted by Gasteiger charge is -2.27. The van der Waals surface area contributed by atoms with Gasteiger partial charge in [0.15, 0.2) is 0 Å². The number of anilines is 1. The van der Waals surface area contributed by atoms with Crippen molar-refractivity contribution in [1.29, 1.82) is 0 Å². The third kappa shape index (κ3) is 16.7. The molecule has 0 aromatic heterocycles. The van der Waals surface area contributed by atoms with Crippen molar-refractivity contribution in [2.24, 2.45) is 5.92 Å². The van der Waals surface area contributed by atoms with Gasteiger partial charge in [0.1, 0.15) is 6.04 Å². The number of carbonyl (C=O) groups excluding carboxylic acids is 4. The third-order valence-corrected chi connectivity index (χ3v) is 10.2. The highest BCUT2D eigenvalue weighted by Gasteiger charge is 2.38. The van der Waals surface area contributed by atoms with Crippen molar-refractivity contribution in [2.45, 2.75) is 84.2 Å². The molecule has 0 radical (unpaired) electrons. The Hall–Kier alpha value is -5.49. The lowest BCUT2D eigenvalue weighted by atomic mass is 10.0. The first-order valence-corrected chi connectivity index (χ1v) is 20.8. The van der Waals surface area contributed by atoms with Crippen LogP contribution in [0.25, 0.3) is 0 Å². The predicted octanol–water partition coefficient (Wildman–Crippen LogP) is 4.58. The van der Waals surface area contributed by atoms with Crippen LogP contribution in [0.4, 0.5) is 18.9 Å². The van der Waals surface area contributed by atoms with E-state index in [0.717, 1.165) is 21.7 Å². The van der Waals surface area contributed by atoms with Gasteiger partial charge in [-0.1, -0.05) is 87.9 Å². The first kappa shape index (κ1) is 49.7. The molecule has 14 nitrogen and oxygen atoms in total. The molecule has 0 unspecified atom stereocenters. The Bertz CT molecular complexity index is 1970. The number of rotatable bonds is 19. The number of carbonyl (C=O) groups is 5. The molecule has 0 saturated carbocycles. The van der Waals surface area contributed by atoms with Gasteiger partial charge in [-0.05, 0) is 61.9 Å². The molecule has 18 heteroatoms. The highest BCUT2D eigenvalue weighted by atomic mass is 32.2. The first-order chi connectivity index (χ1) is 27.6. The Balaban J connectivity index is 0.00000157. The fourth-order valence-electron chi connectivity index (χ4n) is 5.67. The van der Waals surface area contributed by atoms with Crippen molar-refractivity contribution < 1.29 is 50.7 Å². The molecule has 324 valence electrons. The average Bonchev–Trinajstić information content (AvgIpc) is 3.17. The van der Waals surface area contributed by atoms with E-state index in [1.807, 2.05) is 95.3 Å². The molecule has 0 aliphatic heterocycles. The Morgan fingerprint density at radius 3 is 1.80 bits per heavy atom. The Kier molecular flexibility index (Phi) is 19.5. The zero-order valence-electron chi connectivity index (χ0n) is 34.2. The van der Waals surface area contributed by atoms with Gasteiger partial charge in [0.25, 0.3) is 11.8 Å². The van der Waals surface area contributed by atoms with Gasteiger partial charge in [-0.2, -0.15) is 13.2 Å². The van der Waals surface area contributed by atoms with E-state index in [4.69, 9.17) is 9.90 Å². The van der Waals surface area contributed by atoms with Crippen molar-refractivity contribution in [3.05, 3.63) is 101 Å². The SMILES string of the molecule is CCC[C@H](NC[C@H](Cc1ccccc1)NC(=O)c1cc(C(=O)N[C@H](C)c2ccccc2)cc(N(C)S(C)(=O)=O)c1)C(=O)N[C@H](C(=O)NCC)C(C)C.O=C(O)C(F)(F)F.